The van der Waals surface area contributed by atoms with Crippen molar-refractivity contribution in [2.45, 2.75) is 12.1 Å². The van der Waals surface area contributed by atoms with E-state index in [-0.39, 0.29) is 10.1 Å². The second-order valence-corrected chi connectivity index (χ2v) is 6.70. The highest BCUT2D eigenvalue weighted by molar-refractivity contribution is 9.10. The molecule has 0 radical (unpaired) electrons. The minimum atomic E-state index is -1.27. The molecule has 4 nitrogen and oxygen atoms in total. The van der Waals surface area contributed by atoms with Crippen LogP contribution in [0.3, 0.4) is 0 Å². The van der Waals surface area contributed by atoms with Crippen molar-refractivity contribution in [1.29, 1.82) is 0 Å². The number of aromatic nitrogens is 1. The minimum absolute atomic E-state index is 0.0345. The van der Waals surface area contributed by atoms with Gasteiger partial charge in [-0.3, -0.25) is 0 Å². The summed E-state index contributed by atoms with van der Waals surface area (Å²) < 4.78 is 6.45. The lowest BCUT2D eigenvalue weighted by molar-refractivity contribution is -0.298. The third kappa shape index (κ3) is 3.65. The number of thioether (sulfide) groups is 1. The molecular formula is C17H11BrNO3S-. The van der Waals surface area contributed by atoms with Crippen LogP contribution in [0.1, 0.15) is 11.1 Å². The van der Waals surface area contributed by atoms with Gasteiger partial charge in [-0.25, -0.2) is 4.98 Å². The van der Waals surface area contributed by atoms with Crippen LogP contribution in [0.5, 0.6) is 0 Å². The number of fused-ring (bicyclic) bond motifs is 1. The summed E-state index contributed by atoms with van der Waals surface area (Å²) in [6, 6.07) is 12.9. The van der Waals surface area contributed by atoms with Gasteiger partial charge in [0.15, 0.2) is 5.58 Å². The molecule has 0 aliphatic heterocycles. The van der Waals surface area contributed by atoms with E-state index in [9.17, 15) is 9.90 Å². The van der Waals surface area contributed by atoms with Crippen molar-refractivity contribution in [1.82, 2.24) is 4.98 Å². The second-order valence-electron chi connectivity index (χ2n) is 4.85. The summed E-state index contributed by atoms with van der Waals surface area (Å²) in [6.45, 7) is 1.96. The number of aliphatic carboxylic acids is 1. The maximum Gasteiger partial charge on any atom is 0.261 e. The first-order valence-corrected chi connectivity index (χ1v) is 8.36. The lowest BCUT2D eigenvalue weighted by Crippen LogP contribution is -2.23. The average molecular weight is 389 g/mol. The van der Waals surface area contributed by atoms with Crippen LogP contribution in [0.25, 0.3) is 17.2 Å². The van der Waals surface area contributed by atoms with Gasteiger partial charge in [0.05, 0.1) is 5.97 Å². The molecular weight excluding hydrogens is 378 g/mol. The maximum absolute atomic E-state index is 11.4. The van der Waals surface area contributed by atoms with E-state index in [1.165, 1.54) is 0 Å². The first-order valence-electron chi connectivity index (χ1n) is 6.75. The van der Waals surface area contributed by atoms with Gasteiger partial charge >= 0.3 is 0 Å². The molecule has 0 amide bonds. The molecule has 0 atom stereocenters. The fourth-order valence-electron chi connectivity index (χ4n) is 1.97. The largest absolute Gasteiger partial charge is 0.544 e. The topological polar surface area (TPSA) is 66.2 Å². The van der Waals surface area contributed by atoms with Crippen molar-refractivity contribution in [3.8, 4) is 0 Å². The number of carboxylic acids is 1. The summed E-state index contributed by atoms with van der Waals surface area (Å²) in [5.41, 5.74) is 3.13. The zero-order valence-corrected chi connectivity index (χ0v) is 14.5. The molecule has 0 bridgehead atoms. The van der Waals surface area contributed by atoms with Crippen molar-refractivity contribution in [3.05, 3.63) is 63.0 Å². The lowest BCUT2D eigenvalue weighted by atomic mass is 10.1. The normalized spacial score (nSPS) is 11.8. The number of nitrogens with zero attached hydrogens (tertiary/aromatic N) is 1. The van der Waals surface area contributed by atoms with Gasteiger partial charge in [0.2, 0.25) is 0 Å². The summed E-state index contributed by atoms with van der Waals surface area (Å²) >= 11 is 4.37. The third-order valence-corrected chi connectivity index (χ3v) is 4.87. The molecule has 0 saturated carbocycles. The molecule has 23 heavy (non-hydrogen) atoms. The number of halogens is 1. The fraction of sp³-hybridized carbons (Fsp3) is 0.0588. The minimum Gasteiger partial charge on any atom is -0.544 e. The highest BCUT2D eigenvalue weighted by atomic mass is 79.9. The Bertz CT molecular complexity index is 884. The van der Waals surface area contributed by atoms with Gasteiger partial charge in [0.1, 0.15) is 5.52 Å². The van der Waals surface area contributed by atoms with Crippen LogP contribution in [0, 0.1) is 6.92 Å². The van der Waals surface area contributed by atoms with E-state index >= 15 is 0 Å². The zero-order valence-electron chi connectivity index (χ0n) is 12.1. The van der Waals surface area contributed by atoms with Crippen molar-refractivity contribution >= 4 is 50.8 Å². The predicted octanol–water partition coefficient (Wildman–Crippen LogP) is 3.78. The number of rotatable bonds is 4. The van der Waals surface area contributed by atoms with Crippen molar-refractivity contribution < 1.29 is 14.3 Å². The highest BCUT2D eigenvalue weighted by Gasteiger charge is 2.10. The van der Waals surface area contributed by atoms with E-state index in [1.54, 1.807) is 12.1 Å². The Morgan fingerprint density at radius 2 is 2.09 bits per heavy atom. The van der Waals surface area contributed by atoms with Crippen molar-refractivity contribution in [2.75, 3.05) is 0 Å². The van der Waals surface area contributed by atoms with Gasteiger partial charge in [-0.05, 0) is 54.1 Å². The second kappa shape index (κ2) is 6.60. The number of para-hydroxylation sites is 2. The first-order chi connectivity index (χ1) is 11.0. The van der Waals surface area contributed by atoms with E-state index in [4.69, 9.17) is 4.42 Å². The standard InChI is InChI=1S/C17H12BrNO3S/c1-10-6-7-11(8-12(10)18)9-15(16(20)21)23-17-19-13-4-2-3-5-14(13)22-17/h2-9H,1H3,(H,20,21)/p-1/b15-9+. The number of aryl methyl sites for hydroxylation is 1. The molecule has 0 unspecified atom stereocenters. The van der Waals surface area contributed by atoms with Gasteiger partial charge in [0.25, 0.3) is 5.22 Å². The highest BCUT2D eigenvalue weighted by Crippen LogP contribution is 2.30. The Kier molecular flexibility index (Phi) is 4.54. The average Bonchev–Trinajstić information content (AvgIpc) is 2.92. The number of hydrogen-bond donors (Lipinski definition) is 0. The summed E-state index contributed by atoms with van der Waals surface area (Å²) in [6.07, 6.45) is 1.54. The SMILES string of the molecule is Cc1ccc(/C=C(/Sc2nc3ccccc3o2)C(=O)[O-])cc1Br. The van der Waals surface area contributed by atoms with E-state index in [2.05, 4.69) is 20.9 Å². The Morgan fingerprint density at radius 1 is 1.30 bits per heavy atom. The summed E-state index contributed by atoms with van der Waals surface area (Å²) in [4.78, 5) is 15.7. The summed E-state index contributed by atoms with van der Waals surface area (Å²) in [5, 5.41) is 11.7. The van der Waals surface area contributed by atoms with Crippen molar-refractivity contribution in [2.24, 2.45) is 0 Å². The molecule has 1 aromatic heterocycles. The maximum atomic E-state index is 11.4. The molecule has 3 rings (SSSR count). The van der Waals surface area contributed by atoms with Gasteiger partial charge in [-0.1, -0.05) is 40.2 Å². The number of oxazole rings is 1. The smallest absolute Gasteiger partial charge is 0.261 e. The van der Waals surface area contributed by atoms with Crippen LogP contribution in [0.4, 0.5) is 0 Å². The number of hydrogen-bond acceptors (Lipinski definition) is 5. The molecule has 0 fully saturated rings. The monoisotopic (exact) mass is 388 g/mol. The quantitative estimate of drug-likeness (QED) is 0.502. The van der Waals surface area contributed by atoms with Gasteiger partial charge in [-0.2, -0.15) is 0 Å². The third-order valence-electron chi connectivity index (χ3n) is 3.17. The molecule has 0 aliphatic carbocycles. The lowest BCUT2D eigenvalue weighted by Gasteiger charge is -2.06. The van der Waals surface area contributed by atoms with Crippen LogP contribution in [-0.4, -0.2) is 11.0 Å². The molecule has 2 aromatic carbocycles. The first kappa shape index (κ1) is 15.8. The molecule has 3 aromatic rings. The Balaban J connectivity index is 1.93. The molecule has 116 valence electrons. The Hall–Kier alpha value is -2.05. The van der Waals surface area contributed by atoms with E-state index in [0.29, 0.717) is 11.1 Å². The summed E-state index contributed by atoms with van der Waals surface area (Å²) in [7, 11) is 0. The van der Waals surface area contributed by atoms with Crippen LogP contribution < -0.4 is 5.11 Å². The fourth-order valence-corrected chi connectivity index (χ4v) is 3.11. The van der Waals surface area contributed by atoms with Crippen molar-refractivity contribution in [3.63, 3.8) is 0 Å². The van der Waals surface area contributed by atoms with Gasteiger partial charge in [0, 0.05) is 9.38 Å². The molecule has 0 spiro atoms. The molecule has 6 heteroatoms. The van der Waals surface area contributed by atoms with Crippen LogP contribution >= 0.6 is 27.7 Å². The molecule has 0 saturated heterocycles. The Morgan fingerprint density at radius 3 is 2.78 bits per heavy atom. The van der Waals surface area contributed by atoms with Crippen LogP contribution in [-0.2, 0) is 4.79 Å². The number of carbonyl (C=O) groups excluding carboxylic acids is 1. The summed E-state index contributed by atoms with van der Waals surface area (Å²) in [5.74, 6) is -1.27. The van der Waals surface area contributed by atoms with Gasteiger partial charge < -0.3 is 14.3 Å². The number of benzene rings is 2. The van der Waals surface area contributed by atoms with E-state index < -0.39 is 5.97 Å². The molecule has 0 aliphatic rings. The number of carbonyl (C=O) groups is 1. The number of carboxylic acid groups (broad SMARTS) is 1. The zero-order chi connectivity index (χ0) is 16.4. The predicted molar refractivity (Wildman–Crippen MR) is 91.7 cm³/mol. The van der Waals surface area contributed by atoms with E-state index in [0.717, 1.165) is 27.4 Å². The van der Waals surface area contributed by atoms with Gasteiger partial charge in [-0.15, -0.1) is 0 Å². The molecule has 1 heterocycles. The van der Waals surface area contributed by atoms with Crippen LogP contribution in [0.15, 0.2) is 61.5 Å². The Labute approximate surface area is 145 Å². The van der Waals surface area contributed by atoms with E-state index in [1.807, 2.05) is 43.3 Å². The molecule has 0 N–H and O–H groups in total. The van der Waals surface area contributed by atoms with Crippen LogP contribution in [0.2, 0.25) is 0 Å².